The lowest BCUT2D eigenvalue weighted by Gasteiger charge is -2.40. The van der Waals surface area contributed by atoms with Gasteiger partial charge in [0.1, 0.15) is 0 Å². The fraction of sp³-hybridized carbons (Fsp3) is 0.571. The van der Waals surface area contributed by atoms with Crippen LogP contribution in [0.25, 0.3) is 0 Å². The molecule has 0 unspecified atom stereocenters. The number of ether oxygens (including phenoxy) is 1. The first-order valence-corrected chi connectivity index (χ1v) is 6.20. The second-order valence-electron chi connectivity index (χ2n) is 5.00. The van der Waals surface area contributed by atoms with Gasteiger partial charge in [-0.25, -0.2) is 0 Å². The van der Waals surface area contributed by atoms with Gasteiger partial charge in [0.2, 0.25) is 0 Å². The van der Waals surface area contributed by atoms with Crippen molar-refractivity contribution in [3.05, 3.63) is 35.4 Å². The normalized spacial score (nSPS) is 21.1. The van der Waals surface area contributed by atoms with Crippen LogP contribution in [0.3, 0.4) is 0 Å². The zero-order valence-corrected chi connectivity index (χ0v) is 10.4. The highest BCUT2D eigenvalue weighted by Crippen LogP contribution is 2.41. The van der Waals surface area contributed by atoms with Crippen LogP contribution in [-0.2, 0) is 4.74 Å². The number of benzene rings is 1. The monoisotopic (exact) mass is 235 g/mol. The molecule has 94 valence electrons. The summed E-state index contributed by atoms with van der Waals surface area (Å²) in [4.78, 5) is 0. The summed E-state index contributed by atoms with van der Waals surface area (Å²) >= 11 is 0. The van der Waals surface area contributed by atoms with E-state index in [-0.39, 0.29) is 5.41 Å². The van der Waals surface area contributed by atoms with Gasteiger partial charge in [-0.15, -0.1) is 0 Å². The first-order valence-electron chi connectivity index (χ1n) is 6.20. The van der Waals surface area contributed by atoms with Crippen LogP contribution in [-0.4, -0.2) is 24.9 Å². The Morgan fingerprint density at radius 3 is 2.71 bits per heavy atom. The third kappa shape index (κ3) is 2.51. The van der Waals surface area contributed by atoms with E-state index in [1.807, 2.05) is 31.2 Å². The summed E-state index contributed by atoms with van der Waals surface area (Å²) in [6, 6.07) is 8.04. The quantitative estimate of drug-likeness (QED) is 0.839. The Labute approximate surface area is 103 Å². The third-order valence-electron chi connectivity index (χ3n) is 3.83. The van der Waals surface area contributed by atoms with Gasteiger partial charge in [0.05, 0.1) is 6.10 Å². The average molecular weight is 235 g/mol. The van der Waals surface area contributed by atoms with Crippen molar-refractivity contribution in [1.29, 1.82) is 0 Å². The van der Waals surface area contributed by atoms with Crippen molar-refractivity contribution >= 4 is 0 Å². The lowest BCUT2D eigenvalue weighted by molar-refractivity contribution is -0.0581. The van der Waals surface area contributed by atoms with Gasteiger partial charge in [0, 0.05) is 25.2 Å². The highest BCUT2D eigenvalue weighted by molar-refractivity contribution is 5.25. The van der Waals surface area contributed by atoms with Crippen LogP contribution in [0.2, 0.25) is 0 Å². The Morgan fingerprint density at radius 1 is 1.41 bits per heavy atom. The molecule has 0 amide bonds. The molecule has 0 radical (unpaired) electrons. The van der Waals surface area contributed by atoms with Crippen LogP contribution in [0.15, 0.2) is 24.3 Å². The molecule has 1 fully saturated rings. The molecule has 1 aromatic carbocycles. The SMILES string of the molecule is Cc1cccc([C@@H](O)C2(CN)CCOCC2)c1. The molecule has 1 saturated heterocycles. The standard InChI is InChI=1S/C14H21NO2/c1-11-3-2-4-12(9-11)13(16)14(10-15)5-7-17-8-6-14/h2-4,9,13,16H,5-8,10,15H2,1H3/t13-/m1/s1. The van der Waals surface area contributed by atoms with E-state index in [1.54, 1.807) is 0 Å². The Hall–Kier alpha value is -0.900. The molecule has 3 nitrogen and oxygen atoms in total. The van der Waals surface area contributed by atoms with E-state index >= 15 is 0 Å². The van der Waals surface area contributed by atoms with E-state index in [0.29, 0.717) is 19.8 Å². The highest BCUT2D eigenvalue weighted by Gasteiger charge is 2.39. The van der Waals surface area contributed by atoms with Crippen LogP contribution in [0.1, 0.15) is 30.1 Å². The molecule has 0 aromatic heterocycles. The lowest BCUT2D eigenvalue weighted by Crippen LogP contribution is -2.41. The summed E-state index contributed by atoms with van der Waals surface area (Å²) in [7, 11) is 0. The lowest BCUT2D eigenvalue weighted by atomic mass is 9.73. The summed E-state index contributed by atoms with van der Waals surface area (Å²) in [6.45, 7) is 3.93. The van der Waals surface area contributed by atoms with E-state index in [0.717, 1.165) is 18.4 Å². The van der Waals surface area contributed by atoms with E-state index in [9.17, 15) is 5.11 Å². The minimum absolute atomic E-state index is 0.216. The number of aliphatic hydroxyl groups excluding tert-OH is 1. The number of nitrogens with two attached hydrogens (primary N) is 1. The van der Waals surface area contributed by atoms with Gasteiger partial charge in [0.25, 0.3) is 0 Å². The summed E-state index contributed by atoms with van der Waals surface area (Å²) in [5.74, 6) is 0. The van der Waals surface area contributed by atoms with Crippen LogP contribution < -0.4 is 5.73 Å². The van der Waals surface area contributed by atoms with Gasteiger partial charge < -0.3 is 15.6 Å². The van der Waals surface area contributed by atoms with Crippen LogP contribution in [0.4, 0.5) is 0 Å². The van der Waals surface area contributed by atoms with Crippen molar-refractivity contribution in [2.24, 2.45) is 11.1 Å². The summed E-state index contributed by atoms with van der Waals surface area (Å²) in [5.41, 5.74) is 7.82. The van der Waals surface area contributed by atoms with Crippen molar-refractivity contribution in [1.82, 2.24) is 0 Å². The first-order chi connectivity index (χ1) is 8.18. The Balaban J connectivity index is 2.24. The molecule has 3 N–H and O–H groups in total. The van der Waals surface area contributed by atoms with Crippen molar-refractivity contribution in [3.8, 4) is 0 Å². The molecular formula is C14H21NO2. The molecule has 0 saturated carbocycles. The second kappa shape index (κ2) is 5.17. The molecule has 1 atom stereocenters. The third-order valence-corrected chi connectivity index (χ3v) is 3.83. The molecular weight excluding hydrogens is 214 g/mol. The Kier molecular flexibility index (Phi) is 3.82. The predicted octanol–water partition coefficient (Wildman–Crippen LogP) is 1.78. The van der Waals surface area contributed by atoms with E-state index < -0.39 is 6.10 Å². The zero-order valence-electron chi connectivity index (χ0n) is 10.4. The van der Waals surface area contributed by atoms with Crippen LogP contribution >= 0.6 is 0 Å². The largest absolute Gasteiger partial charge is 0.388 e. The molecule has 1 aliphatic heterocycles. The van der Waals surface area contributed by atoms with Crippen molar-refractivity contribution in [2.45, 2.75) is 25.9 Å². The average Bonchev–Trinajstić information content (AvgIpc) is 2.38. The van der Waals surface area contributed by atoms with E-state index in [4.69, 9.17) is 10.5 Å². The molecule has 1 aromatic rings. The molecule has 17 heavy (non-hydrogen) atoms. The first kappa shape index (κ1) is 12.6. The van der Waals surface area contributed by atoms with Gasteiger partial charge in [-0.3, -0.25) is 0 Å². The highest BCUT2D eigenvalue weighted by atomic mass is 16.5. The minimum Gasteiger partial charge on any atom is -0.388 e. The number of hydrogen-bond acceptors (Lipinski definition) is 3. The summed E-state index contributed by atoms with van der Waals surface area (Å²) in [5, 5.41) is 10.6. The van der Waals surface area contributed by atoms with Gasteiger partial charge >= 0.3 is 0 Å². The fourth-order valence-electron chi connectivity index (χ4n) is 2.56. The number of aryl methyl sites for hydroxylation is 1. The Bertz CT molecular complexity index is 372. The fourth-order valence-corrected chi connectivity index (χ4v) is 2.56. The maximum atomic E-state index is 10.6. The number of aliphatic hydroxyl groups is 1. The summed E-state index contributed by atoms with van der Waals surface area (Å²) < 4.78 is 5.37. The number of hydrogen-bond donors (Lipinski definition) is 2. The molecule has 1 heterocycles. The Morgan fingerprint density at radius 2 is 2.12 bits per heavy atom. The predicted molar refractivity (Wildman–Crippen MR) is 67.7 cm³/mol. The maximum Gasteiger partial charge on any atom is 0.0860 e. The molecule has 0 aliphatic carbocycles. The van der Waals surface area contributed by atoms with Crippen LogP contribution in [0.5, 0.6) is 0 Å². The van der Waals surface area contributed by atoms with E-state index in [2.05, 4.69) is 0 Å². The zero-order chi connectivity index (χ0) is 12.3. The topological polar surface area (TPSA) is 55.5 Å². The van der Waals surface area contributed by atoms with Gasteiger partial charge in [-0.2, -0.15) is 0 Å². The smallest absolute Gasteiger partial charge is 0.0860 e. The van der Waals surface area contributed by atoms with Crippen LogP contribution in [0, 0.1) is 12.3 Å². The minimum atomic E-state index is -0.490. The van der Waals surface area contributed by atoms with Crippen molar-refractivity contribution < 1.29 is 9.84 Å². The summed E-state index contributed by atoms with van der Waals surface area (Å²) in [6.07, 6.45) is 1.17. The van der Waals surface area contributed by atoms with E-state index in [1.165, 1.54) is 5.56 Å². The van der Waals surface area contributed by atoms with Crippen molar-refractivity contribution in [3.63, 3.8) is 0 Å². The molecule has 2 rings (SSSR count). The van der Waals surface area contributed by atoms with Gasteiger partial charge in [-0.05, 0) is 25.3 Å². The second-order valence-corrected chi connectivity index (χ2v) is 5.00. The van der Waals surface area contributed by atoms with Gasteiger partial charge in [-0.1, -0.05) is 29.8 Å². The molecule has 1 aliphatic rings. The molecule has 0 spiro atoms. The maximum absolute atomic E-state index is 10.6. The molecule has 3 heteroatoms. The van der Waals surface area contributed by atoms with Crippen molar-refractivity contribution in [2.75, 3.05) is 19.8 Å². The van der Waals surface area contributed by atoms with Gasteiger partial charge in [0.15, 0.2) is 0 Å². The number of rotatable bonds is 3. The molecule has 0 bridgehead atoms.